The minimum Gasteiger partial charge on any atom is -0.465 e. The molecule has 1 aliphatic carbocycles. The van der Waals surface area contributed by atoms with Crippen LogP contribution in [0.15, 0.2) is 28.9 Å². The molecular weight excluding hydrogens is 312 g/mol. The predicted molar refractivity (Wildman–Crippen MR) is 86.8 cm³/mol. The van der Waals surface area contributed by atoms with Crippen LogP contribution in [-0.2, 0) is 14.3 Å². The van der Waals surface area contributed by atoms with Crippen molar-refractivity contribution in [1.82, 2.24) is 10.6 Å². The first-order chi connectivity index (χ1) is 11.5. The molecule has 7 nitrogen and oxygen atoms in total. The van der Waals surface area contributed by atoms with Crippen LogP contribution in [0.25, 0.3) is 6.08 Å². The number of carbonyl (C=O) groups is 3. The zero-order valence-corrected chi connectivity index (χ0v) is 13.6. The van der Waals surface area contributed by atoms with Gasteiger partial charge in [-0.25, -0.2) is 9.59 Å². The predicted octanol–water partition coefficient (Wildman–Crippen LogP) is 2.24. The number of imide groups is 1. The van der Waals surface area contributed by atoms with E-state index in [1.807, 2.05) is 0 Å². The molecule has 1 heterocycles. The van der Waals surface area contributed by atoms with Gasteiger partial charge in [0.2, 0.25) is 0 Å². The summed E-state index contributed by atoms with van der Waals surface area (Å²) in [6, 6.07) is 2.88. The number of esters is 1. The van der Waals surface area contributed by atoms with E-state index in [1.165, 1.54) is 18.8 Å². The van der Waals surface area contributed by atoms with Crippen LogP contribution in [0.3, 0.4) is 0 Å². The molecule has 24 heavy (non-hydrogen) atoms. The van der Waals surface area contributed by atoms with Gasteiger partial charge in [0.05, 0.1) is 6.26 Å². The molecule has 1 aromatic rings. The average Bonchev–Trinajstić information content (AvgIpc) is 3.06. The van der Waals surface area contributed by atoms with Gasteiger partial charge in [-0.1, -0.05) is 19.8 Å². The fourth-order valence-corrected chi connectivity index (χ4v) is 2.62. The van der Waals surface area contributed by atoms with Crippen molar-refractivity contribution in [2.24, 2.45) is 5.92 Å². The van der Waals surface area contributed by atoms with Gasteiger partial charge in [0.1, 0.15) is 5.76 Å². The van der Waals surface area contributed by atoms with Crippen molar-refractivity contribution in [2.75, 3.05) is 6.61 Å². The van der Waals surface area contributed by atoms with Gasteiger partial charge in [0, 0.05) is 12.1 Å². The third-order valence-corrected chi connectivity index (χ3v) is 3.95. The smallest absolute Gasteiger partial charge is 0.331 e. The van der Waals surface area contributed by atoms with E-state index >= 15 is 0 Å². The third kappa shape index (κ3) is 5.91. The third-order valence-electron chi connectivity index (χ3n) is 3.95. The van der Waals surface area contributed by atoms with Crippen molar-refractivity contribution in [3.63, 3.8) is 0 Å². The molecule has 3 amide bonds. The van der Waals surface area contributed by atoms with E-state index in [0.717, 1.165) is 25.3 Å². The van der Waals surface area contributed by atoms with Gasteiger partial charge >= 0.3 is 12.0 Å². The Morgan fingerprint density at radius 2 is 2.12 bits per heavy atom. The Labute approximate surface area is 140 Å². The second-order valence-electron chi connectivity index (χ2n) is 5.85. The molecule has 0 unspecified atom stereocenters. The summed E-state index contributed by atoms with van der Waals surface area (Å²) in [4.78, 5) is 34.9. The molecule has 2 N–H and O–H groups in total. The zero-order valence-electron chi connectivity index (χ0n) is 13.6. The molecule has 0 spiro atoms. The van der Waals surface area contributed by atoms with Gasteiger partial charge < -0.3 is 14.5 Å². The largest absolute Gasteiger partial charge is 0.465 e. The van der Waals surface area contributed by atoms with Crippen LogP contribution in [-0.4, -0.2) is 30.6 Å². The average molecular weight is 334 g/mol. The van der Waals surface area contributed by atoms with Crippen LogP contribution < -0.4 is 10.6 Å². The maximum Gasteiger partial charge on any atom is 0.331 e. The first-order valence-corrected chi connectivity index (χ1v) is 8.03. The van der Waals surface area contributed by atoms with E-state index in [2.05, 4.69) is 17.6 Å². The molecule has 1 aromatic heterocycles. The molecule has 2 rings (SSSR count). The molecular formula is C17H22N2O5. The van der Waals surface area contributed by atoms with Crippen molar-refractivity contribution >= 4 is 24.0 Å². The Hall–Kier alpha value is -2.57. The Kier molecular flexibility index (Phi) is 6.60. The van der Waals surface area contributed by atoms with Crippen LogP contribution in [0.1, 0.15) is 38.4 Å². The number of carbonyl (C=O) groups excluding carboxylic acids is 3. The summed E-state index contributed by atoms with van der Waals surface area (Å²) >= 11 is 0. The number of nitrogens with one attached hydrogen (secondary N) is 2. The minimum atomic E-state index is -0.692. The van der Waals surface area contributed by atoms with Gasteiger partial charge in [0.25, 0.3) is 5.91 Å². The SMILES string of the molecule is C[C@H]1CCCC[C@H]1NC(=O)NC(=O)COC(=O)/C=C/c1ccco1. The van der Waals surface area contributed by atoms with E-state index in [0.29, 0.717) is 11.7 Å². The summed E-state index contributed by atoms with van der Waals surface area (Å²) in [5.74, 6) is -0.472. The summed E-state index contributed by atoms with van der Waals surface area (Å²) in [7, 11) is 0. The summed E-state index contributed by atoms with van der Waals surface area (Å²) in [5, 5.41) is 4.96. The lowest BCUT2D eigenvalue weighted by Gasteiger charge is -2.29. The lowest BCUT2D eigenvalue weighted by atomic mass is 9.86. The summed E-state index contributed by atoms with van der Waals surface area (Å²) in [5.41, 5.74) is 0. The van der Waals surface area contributed by atoms with Crippen molar-refractivity contribution < 1.29 is 23.5 Å². The topological polar surface area (TPSA) is 97.6 Å². The first kappa shape index (κ1) is 17.8. The second-order valence-corrected chi connectivity index (χ2v) is 5.85. The Morgan fingerprint density at radius 1 is 1.33 bits per heavy atom. The minimum absolute atomic E-state index is 0.0744. The number of ether oxygens (including phenoxy) is 1. The molecule has 0 bridgehead atoms. The number of urea groups is 1. The van der Waals surface area contributed by atoms with Gasteiger partial charge in [-0.15, -0.1) is 0 Å². The van der Waals surface area contributed by atoms with E-state index in [9.17, 15) is 14.4 Å². The Morgan fingerprint density at radius 3 is 2.83 bits per heavy atom. The van der Waals surface area contributed by atoms with E-state index in [4.69, 9.17) is 9.15 Å². The van der Waals surface area contributed by atoms with Gasteiger partial charge in [0.15, 0.2) is 6.61 Å². The molecule has 0 aromatic carbocycles. The molecule has 130 valence electrons. The van der Waals surface area contributed by atoms with Crippen molar-refractivity contribution in [2.45, 2.75) is 38.6 Å². The van der Waals surface area contributed by atoms with Gasteiger partial charge in [-0.05, 0) is 37.0 Å². The molecule has 1 saturated carbocycles. The van der Waals surface area contributed by atoms with E-state index < -0.39 is 24.5 Å². The number of rotatable bonds is 5. The molecule has 1 fully saturated rings. The van der Waals surface area contributed by atoms with Crippen molar-refractivity contribution in [3.05, 3.63) is 30.2 Å². The lowest BCUT2D eigenvalue weighted by molar-refractivity contribution is -0.143. The molecule has 0 aliphatic heterocycles. The fourth-order valence-electron chi connectivity index (χ4n) is 2.62. The van der Waals surface area contributed by atoms with Crippen molar-refractivity contribution in [1.29, 1.82) is 0 Å². The highest BCUT2D eigenvalue weighted by atomic mass is 16.5. The first-order valence-electron chi connectivity index (χ1n) is 8.03. The van der Waals surface area contributed by atoms with E-state index in [-0.39, 0.29) is 6.04 Å². The van der Waals surface area contributed by atoms with Crippen LogP contribution in [0.2, 0.25) is 0 Å². The number of furan rings is 1. The number of amides is 3. The Bertz CT molecular complexity index is 594. The Balaban J connectivity index is 1.66. The van der Waals surface area contributed by atoms with Gasteiger partial charge in [-0.2, -0.15) is 0 Å². The molecule has 1 aliphatic rings. The highest BCUT2D eigenvalue weighted by molar-refractivity contribution is 5.96. The molecule has 2 atom stereocenters. The summed E-state index contributed by atoms with van der Waals surface area (Å²) in [6.45, 7) is 1.56. The van der Waals surface area contributed by atoms with Gasteiger partial charge in [-0.3, -0.25) is 10.1 Å². The van der Waals surface area contributed by atoms with Crippen LogP contribution in [0.4, 0.5) is 4.79 Å². The maximum absolute atomic E-state index is 11.8. The van der Waals surface area contributed by atoms with Crippen LogP contribution >= 0.6 is 0 Å². The highest BCUT2D eigenvalue weighted by Gasteiger charge is 2.23. The number of hydrogen-bond acceptors (Lipinski definition) is 5. The fraction of sp³-hybridized carbons (Fsp3) is 0.471. The highest BCUT2D eigenvalue weighted by Crippen LogP contribution is 2.23. The van der Waals surface area contributed by atoms with Crippen molar-refractivity contribution in [3.8, 4) is 0 Å². The van der Waals surface area contributed by atoms with Crippen LogP contribution in [0, 0.1) is 5.92 Å². The maximum atomic E-state index is 11.8. The standard InChI is InChI=1S/C17H22N2O5/c1-12-5-2-3-7-14(12)18-17(22)19-15(20)11-24-16(21)9-8-13-6-4-10-23-13/h4,6,8-10,12,14H,2-3,5,7,11H2,1H3,(H2,18,19,20,22)/b9-8+/t12-,14+/m0/s1. The molecule has 0 radical (unpaired) electrons. The summed E-state index contributed by atoms with van der Waals surface area (Å²) in [6.07, 6.45) is 8.27. The normalized spacial score (nSPS) is 20.5. The van der Waals surface area contributed by atoms with Crippen LogP contribution in [0.5, 0.6) is 0 Å². The van der Waals surface area contributed by atoms with E-state index in [1.54, 1.807) is 12.1 Å². The molecule has 0 saturated heterocycles. The zero-order chi connectivity index (χ0) is 17.4. The summed E-state index contributed by atoms with van der Waals surface area (Å²) < 4.78 is 9.77. The second kappa shape index (κ2) is 8.90. The lowest BCUT2D eigenvalue weighted by Crippen LogP contribution is -2.48. The number of hydrogen-bond donors (Lipinski definition) is 2. The quantitative estimate of drug-likeness (QED) is 0.636. The molecule has 7 heteroatoms. The monoisotopic (exact) mass is 334 g/mol.